The number of pyridine rings is 1. The second-order valence-electron chi connectivity index (χ2n) is 2.08. The number of fused-ring (bicyclic) bond motifs is 1. The van der Waals surface area contributed by atoms with Crippen molar-refractivity contribution >= 4 is 29.9 Å². The average molecular weight is 186 g/mol. The van der Waals surface area contributed by atoms with Gasteiger partial charge in [0.15, 0.2) is 10.8 Å². The topological polar surface area (TPSA) is 30.2 Å². The molecule has 0 aliphatic heterocycles. The lowest BCUT2D eigenvalue weighted by Crippen LogP contribution is -1.83. The summed E-state index contributed by atoms with van der Waals surface area (Å²) in [7, 11) is 0. The van der Waals surface area contributed by atoms with Crippen molar-refractivity contribution in [2.45, 2.75) is 5.16 Å². The van der Waals surface area contributed by atoms with Crippen molar-refractivity contribution in [3.8, 4) is 0 Å². The zero-order valence-electron chi connectivity index (χ0n) is 5.40. The van der Waals surface area contributed by atoms with Crippen molar-refractivity contribution in [2.24, 2.45) is 0 Å². The molecule has 0 atom stereocenters. The van der Waals surface area contributed by atoms with Crippen LogP contribution in [-0.4, -0.2) is 14.6 Å². The molecular formula is C6H4ClN3S. The molecule has 11 heavy (non-hydrogen) atoms. The third-order valence-corrected chi connectivity index (χ3v) is 1.88. The number of halogens is 1. The highest BCUT2D eigenvalue weighted by atomic mass is 35.5. The van der Waals surface area contributed by atoms with E-state index in [4.69, 9.17) is 11.6 Å². The third-order valence-electron chi connectivity index (χ3n) is 1.35. The number of hydrogen-bond donors (Lipinski definition) is 1. The molecule has 5 heteroatoms. The standard InChI is InChI=1S/C6H4ClN3S/c7-4-1-2-5-8-9-6(11)10(5)3-4/h1-3H,(H,9,11). The molecular weight excluding hydrogens is 182 g/mol. The first-order valence-corrected chi connectivity index (χ1v) is 3.79. The minimum absolute atomic E-state index is 0.544. The van der Waals surface area contributed by atoms with E-state index >= 15 is 0 Å². The number of hydrogen-bond acceptors (Lipinski definition) is 3. The summed E-state index contributed by atoms with van der Waals surface area (Å²) < 4.78 is 1.71. The van der Waals surface area contributed by atoms with Crippen LogP contribution in [0.1, 0.15) is 0 Å². The van der Waals surface area contributed by atoms with E-state index in [0.717, 1.165) is 5.65 Å². The lowest BCUT2D eigenvalue weighted by molar-refractivity contribution is 0.928. The molecule has 2 aromatic heterocycles. The SMILES string of the molecule is Sc1nnc2ccc(Cl)cn12. The summed E-state index contributed by atoms with van der Waals surface area (Å²) in [6, 6.07) is 3.55. The maximum Gasteiger partial charge on any atom is 0.192 e. The van der Waals surface area contributed by atoms with Gasteiger partial charge in [0.25, 0.3) is 0 Å². The predicted octanol–water partition coefficient (Wildman–Crippen LogP) is 1.67. The van der Waals surface area contributed by atoms with Gasteiger partial charge in [0.2, 0.25) is 0 Å². The van der Waals surface area contributed by atoms with Crippen molar-refractivity contribution < 1.29 is 0 Å². The van der Waals surface area contributed by atoms with E-state index in [0.29, 0.717) is 10.2 Å². The Bertz CT molecular complexity index is 398. The maximum atomic E-state index is 5.74. The number of thiol groups is 1. The van der Waals surface area contributed by atoms with Crippen LogP contribution in [0.5, 0.6) is 0 Å². The van der Waals surface area contributed by atoms with Gasteiger partial charge in [0.1, 0.15) is 0 Å². The van der Waals surface area contributed by atoms with Gasteiger partial charge in [-0.2, -0.15) is 0 Å². The molecule has 0 aliphatic carbocycles. The molecule has 2 heterocycles. The second-order valence-corrected chi connectivity index (χ2v) is 2.91. The molecule has 0 spiro atoms. The van der Waals surface area contributed by atoms with Crippen molar-refractivity contribution in [1.29, 1.82) is 0 Å². The fourth-order valence-electron chi connectivity index (χ4n) is 0.853. The lowest BCUT2D eigenvalue weighted by Gasteiger charge is -1.92. The van der Waals surface area contributed by atoms with Gasteiger partial charge < -0.3 is 0 Å². The van der Waals surface area contributed by atoms with E-state index in [-0.39, 0.29) is 0 Å². The Morgan fingerprint density at radius 3 is 3.00 bits per heavy atom. The summed E-state index contributed by atoms with van der Waals surface area (Å²) in [6.45, 7) is 0. The highest BCUT2D eigenvalue weighted by Crippen LogP contribution is 2.12. The van der Waals surface area contributed by atoms with Crippen molar-refractivity contribution in [2.75, 3.05) is 0 Å². The molecule has 0 aliphatic rings. The minimum atomic E-state index is 0.544. The van der Waals surface area contributed by atoms with Crippen LogP contribution in [0.2, 0.25) is 5.02 Å². The van der Waals surface area contributed by atoms with E-state index in [1.54, 1.807) is 22.7 Å². The minimum Gasteiger partial charge on any atom is -0.276 e. The molecule has 0 saturated heterocycles. The van der Waals surface area contributed by atoms with Gasteiger partial charge in [-0.1, -0.05) is 11.6 Å². The monoisotopic (exact) mass is 185 g/mol. The molecule has 0 aromatic carbocycles. The number of nitrogens with zero attached hydrogens (tertiary/aromatic N) is 3. The Hall–Kier alpha value is -0.740. The summed E-state index contributed by atoms with van der Waals surface area (Å²) in [4.78, 5) is 0. The molecule has 2 aromatic rings. The molecule has 56 valence electrons. The van der Waals surface area contributed by atoms with Crippen molar-refractivity contribution in [3.05, 3.63) is 23.4 Å². The van der Waals surface area contributed by atoms with Crippen molar-refractivity contribution in [3.63, 3.8) is 0 Å². The Labute approximate surface area is 73.4 Å². The molecule has 3 nitrogen and oxygen atoms in total. The fourth-order valence-corrected chi connectivity index (χ4v) is 1.22. The summed E-state index contributed by atoms with van der Waals surface area (Å²) in [6.07, 6.45) is 1.72. The van der Waals surface area contributed by atoms with E-state index < -0.39 is 0 Å². The van der Waals surface area contributed by atoms with Crippen LogP contribution in [0.3, 0.4) is 0 Å². The van der Waals surface area contributed by atoms with Crippen LogP contribution >= 0.6 is 24.2 Å². The van der Waals surface area contributed by atoms with Crippen LogP contribution in [-0.2, 0) is 0 Å². The summed E-state index contributed by atoms with van der Waals surface area (Å²) in [5.74, 6) is 0. The summed E-state index contributed by atoms with van der Waals surface area (Å²) >= 11 is 9.82. The molecule has 0 bridgehead atoms. The summed E-state index contributed by atoms with van der Waals surface area (Å²) in [5, 5.41) is 8.78. The van der Waals surface area contributed by atoms with Gasteiger partial charge in [0.05, 0.1) is 5.02 Å². The van der Waals surface area contributed by atoms with Gasteiger partial charge in [-0.15, -0.1) is 22.8 Å². The molecule has 0 radical (unpaired) electrons. The third kappa shape index (κ3) is 1.08. The molecule has 2 rings (SSSR count). The van der Waals surface area contributed by atoms with E-state index in [9.17, 15) is 0 Å². The van der Waals surface area contributed by atoms with Crippen LogP contribution in [0.15, 0.2) is 23.5 Å². The molecule has 0 unspecified atom stereocenters. The molecule has 0 N–H and O–H groups in total. The number of rotatable bonds is 0. The van der Waals surface area contributed by atoms with Crippen LogP contribution < -0.4 is 0 Å². The Balaban J connectivity index is 2.87. The average Bonchev–Trinajstić information content (AvgIpc) is 2.33. The van der Waals surface area contributed by atoms with Crippen molar-refractivity contribution in [1.82, 2.24) is 14.6 Å². The van der Waals surface area contributed by atoms with Gasteiger partial charge in [0, 0.05) is 6.20 Å². The largest absolute Gasteiger partial charge is 0.276 e. The Morgan fingerprint density at radius 2 is 2.18 bits per heavy atom. The molecule has 0 fully saturated rings. The Kier molecular flexibility index (Phi) is 1.51. The highest BCUT2D eigenvalue weighted by Gasteiger charge is 1.99. The maximum absolute atomic E-state index is 5.74. The zero-order valence-corrected chi connectivity index (χ0v) is 7.05. The van der Waals surface area contributed by atoms with Gasteiger partial charge in [-0.05, 0) is 12.1 Å². The first-order chi connectivity index (χ1) is 5.27. The molecule has 0 saturated carbocycles. The lowest BCUT2D eigenvalue weighted by atomic mass is 10.5. The van der Waals surface area contributed by atoms with Crippen LogP contribution in [0.4, 0.5) is 0 Å². The number of aromatic nitrogens is 3. The Morgan fingerprint density at radius 1 is 1.36 bits per heavy atom. The molecule has 0 amide bonds. The normalized spacial score (nSPS) is 10.7. The van der Waals surface area contributed by atoms with E-state index in [1.165, 1.54) is 0 Å². The first kappa shape index (κ1) is 6.94. The van der Waals surface area contributed by atoms with E-state index in [1.807, 2.05) is 0 Å². The predicted molar refractivity (Wildman–Crippen MR) is 45.2 cm³/mol. The first-order valence-electron chi connectivity index (χ1n) is 2.96. The van der Waals surface area contributed by atoms with Gasteiger partial charge >= 0.3 is 0 Å². The summed E-state index contributed by atoms with van der Waals surface area (Å²) in [5.41, 5.74) is 0.749. The van der Waals surface area contributed by atoms with Crippen LogP contribution in [0, 0.1) is 0 Å². The van der Waals surface area contributed by atoms with Gasteiger partial charge in [-0.3, -0.25) is 4.40 Å². The van der Waals surface area contributed by atoms with Crippen LogP contribution in [0.25, 0.3) is 5.65 Å². The smallest absolute Gasteiger partial charge is 0.192 e. The second kappa shape index (κ2) is 2.39. The zero-order chi connectivity index (χ0) is 7.84. The quantitative estimate of drug-likeness (QED) is 0.633. The van der Waals surface area contributed by atoms with E-state index in [2.05, 4.69) is 22.8 Å². The fraction of sp³-hybridized carbons (Fsp3) is 0. The van der Waals surface area contributed by atoms with Gasteiger partial charge in [-0.25, -0.2) is 0 Å². The highest BCUT2D eigenvalue weighted by molar-refractivity contribution is 7.80.